The molecule has 2 saturated carbocycles. The van der Waals surface area contributed by atoms with Crippen molar-refractivity contribution < 1.29 is 4.39 Å². The van der Waals surface area contributed by atoms with Gasteiger partial charge in [-0.25, -0.2) is 4.39 Å². The van der Waals surface area contributed by atoms with Gasteiger partial charge in [0.2, 0.25) is 0 Å². The maximum atomic E-state index is 13.0. The minimum Gasteiger partial charge on any atom is -0.311 e. The molecule has 0 heterocycles. The van der Waals surface area contributed by atoms with Crippen LogP contribution in [-0.2, 0) is 5.41 Å². The molecule has 0 atom stereocenters. The number of benzene rings is 1. The van der Waals surface area contributed by atoms with Crippen molar-refractivity contribution in [3.8, 4) is 0 Å². The van der Waals surface area contributed by atoms with Crippen LogP contribution in [0.5, 0.6) is 0 Å². The SMILES string of the molecule is CC1(c2ccc(F)cc2)CCC(NC2CC2)CC1. The quantitative estimate of drug-likeness (QED) is 0.857. The van der Waals surface area contributed by atoms with Crippen molar-refractivity contribution in [3.05, 3.63) is 35.6 Å². The summed E-state index contributed by atoms with van der Waals surface area (Å²) in [4.78, 5) is 0. The topological polar surface area (TPSA) is 12.0 Å². The lowest BCUT2D eigenvalue weighted by atomic mass is 9.69. The molecule has 1 N–H and O–H groups in total. The highest BCUT2D eigenvalue weighted by Gasteiger charge is 2.34. The summed E-state index contributed by atoms with van der Waals surface area (Å²) in [5.74, 6) is -0.133. The lowest BCUT2D eigenvalue weighted by molar-refractivity contribution is 0.263. The molecule has 0 amide bonds. The van der Waals surface area contributed by atoms with Crippen LogP contribution in [0.1, 0.15) is 51.0 Å². The average molecular weight is 247 g/mol. The Morgan fingerprint density at radius 3 is 2.11 bits per heavy atom. The molecule has 18 heavy (non-hydrogen) atoms. The molecular formula is C16H22FN. The van der Waals surface area contributed by atoms with Crippen molar-refractivity contribution in [2.24, 2.45) is 0 Å². The van der Waals surface area contributed by atoms with E-state index in [2.05, 4.69) is 12.2 Å². The molecule has 98 valence electrons. The number of hydrogen-bond donors (Lipinski definition) is 1. The van der Waals surface area contributed by atoms with Gasteiger partial charge in [-0.1, -0.05) is 19.1 Å². The van der Waals surface area contributed by atoms with E-state index in [1.54, 1.807) is 12.1 Å². The highest BCUT2D eigenvalue weighted by molar-refractivity contribution is 5.25. The molecule has 0 aromatic heterocycles. The molecule has 0 aliphatic heterocycles. The fraction of sp³-hybridized carbons (Fsp3) is 0.625. The van der Waals surface area contributed by atoms with Crippen LogP contribution in [0, 0.1) is 5.82 Å². The summed E-state index contributed by atoms with van der Waals surface area (Å²) in [5, 5.41) is 3.73. The van der Waals surface area contributed by atoms with Crippen LogP contribution in [0.15, 0.2) is 24.3 Å². The summed E-state index contributed by atoms with van der Waals surface area (Å²) in [5.41, 5.74) is 1.55. The first kappa shape index (κ1) is 12.2. The number of halogens is 1. The first-order chi connectivity index (χ1) is 8.66. The standard InChI is InChI=1S/C16H22FN/c1-16(12-2-4-13(17)5-3-12)10-8-15(9-11-16)18-14-6-7-14/h2-5,14-15,18H,6-11H2,1H3. The van der Waals surface area contributed by atoms with E-state index >= 15 is 0 Å². The maximum Gasteiger partial charge on any atom is 0.123 e. The van der Waals surface area contributed by atoms with Crippen LogP contribution < -0.4 is 5.32 Å². The lowest BCUT2D eigenvalue weighted by Gasteiger charge is -2.38. The average Bonchev–Trinajstić information content (AvgIpc) is 3.17. The molecule has 1 nitrogen and oxygen atoms in total. The van der Waals surface area contributed by atoms with E-state index in [0.717, 1.165) is 6.04 Å². The lowest BCUT2D eigenvalue weighted by Crippen LogP contribution is -2.39. The van der Waals surface area contributed by atoms with E-state index in [4.69, 9.17) is 0 Å². The van der Waals surface area contributed by atoms with Gasteiger partial charge in [0.15, 0.2) is 0 Å². The molecule has 3 rings (SSSR count). The Morgan fingerprint density at radius 2 is 1.56 bits per heavy atom. The van der Waals surface area contributed by atoms with Crippen molar-refractivity contribution in [1.82, 2.24) is 5.32 Å². The summed E-state index contributed by atoms with van der Waals surface area (Å²) >= 11 is 0. The third-order valence-electron chi connectivity index (χ3n) is 4.68. The molecule has 2 aliphatic rings. The highest BCUT2D eigenvalue weighted by Crippen LogP contribution is 2.39. The van der Waals surface area contributed by atoms with Crippen LogP contribution in [-0.4, -0.2) is 12.1 Å². The smallest absolute Gasteiger partial charge is 0.123 e. The van der Waals surface area contributed by atoms with Gasteiger partial charge in [-0.3, -0.25) is 0 Å². The first-order valence-electron chi connectivity index (χ1n) is 7.18. The predicted octanol–water partition coefficient (Wildman–Crippen LogP) is 3.78. The number of hydrogen-bond acceptors (Lipinski definition) is 1. The van der Waals surface area contributed by atoms with Crippen LogP contribution in [0.3, 0.4) is 0 Å². The van der Waals surface area contributed by atoms with Gasteiger partial charge in [-0.05, 0) is 61.6 Å². The van der Waals surface area contributed by atoms with Gasteiger partial charge in [-0.2, -0.15) is 0 Å². The third kappa shape index (κ3) is 2.59. The van der Waals surface area contributed by atoms with E-state index in [0.29, 0.717) is 6.04 Å². The number of rotatable bonds is 3. The van der Waals surface area contributed by atoms with Gasteiger partial charge in [-0.15, -0.1) is 0 Å². The Morgan fingerprint density at radius 1 is 1.00 bits per heavy atom. The van der Waals surface area contributed by atoms with Crippen molar-refractivity contribution >= 4 is 0 Å². The maximum absolute atomic E-state index is 13.0. The largest absolute Gasteiger partial charge is 0.311 e. The van der Waals surface area contributed by atoms with Gasteiger partial charge in [0, 0.05) is 12.1 Å². The highest BCUT2D eigenvalue weighted by atomic mass is 19.1. The van der Waals surface area contributed by atoms with Gasteiger partial charge in [0.25, 0.3) is 0 Å². The summed E-state index contributed by atoms with van der Waals surface area (Å²) in [6.07, 6.45) is 7.66. The molecule has 1 aromatic rings. The van der Waals surface area contributed by atoms with Crippen LogP contribution in [0.2, 0.25) is 0 Å². The summed E-state index contributed by atoms with van der Waals surface area (Å²) in [6.45, 7) is 2.33. The molecule has 0 bridgehead atoms. The zero-order valence-corrected chi connectivity index (χ0v) is 11.1. The van der Waals surface area contributed by atoms with Crippen molar-refractivity contribution in [2.75, 3.05) is 0 Å². The zero-order valence-electron chi connectivity index (χ0n) is 11.1. The second-order valence-electron chi connectivity index (χ2n) is 6.28. The van der Waals surface area contributed by atoms with E-state index in [1.807, 2.05) is 12.1 Å². The van der Waals surface area contributed by atoms with E-state index in [-0.39, 0.29) is 11.2 Å². The van der Waals surface area contributed by atoms with E-state index < -0.39 is 0 Å². The Labute approximate surface area is 109 Å². The third-order valence-corrected chi connectivity index (χ3v) is 4.68. The molecule has 0 radical (unpaired) electrons. The van der Waals surface area contributed by atoms with Crippen LogP contribution in [0.4, 0.5) is 4.39 Å². The minimum atomic E-state index is -0.133. The number of nitrogens with one attached hydrogen (secondary N) is 1. The molecule has 0 spiro atoms. The monoisotopic (exact) mass is 247 g/mol. The molecule has 1 aromatic carbocycles. The predicted molar refractivity (Wildman–Crippen MR) is 72.2 cm³/mol. The van der Waals surface area contributed by atoms with Crippen molar-refractivity contribution in [2.45, 2.75) is 62.9 Å². The fourth-order valence-electron chi connectivity index (χ4n) is 3.15. The van der Waals surface area contributed by atoms with E-state index in [1.165, 1.54) is 44.1 Å². The molecule has 0 saturated heterocycles. The van der Waals surface area contributed by atoms with Crippen LogP contribution in [0.25, 0.3) is 0 Å². The fourth-order valence-corrected chi connectivity index (χ4v) is 3.15. The van der Waals surface area contributed by atoms with Gasteiger partial charge in [0.05, 0.1) is 0 Å². The van der Waals surface area contributed by atoms with E-state index in [9.17, 15) is 4.39 Å². The second-order valence-corrected chi connectivity index (χ2v) is 6.28. The Hall–Kier alpha value is -0.890. The summed E-state index contributed by atoms with van der Waals surface area (Å²) in [6, 6.07) is 8.63. The zero-order chi connectivity index (χ0) is 12.6. The van der Waals surface area contributed by atoms with Crippen molar-refractivity contribution in [1.29, 1.82) is 0 Å². The Kier molecular flexibility index (Phi) is 3.14. The van der Waals surface area contributed by atoms with Crippen molar-refractivity contribution in [3.63, 3.8) is 0 Å². The second kappa shape index (κ2) is 4.65. The normalized spacial score (nSPS) is 32.4. The molecular weight excluding hydrogens is 225 g/mol. The molecule has 2 fully saturated rings. The minimum absolute atomic E-state index is 0.133. The summed E-state index contributed by atoms with van der Waals surface area (Å²) in [7, 11) is 0. The summed E-state index contributed by atoms with van der Waals surface area (Å²) < 4.78 is 13.0. The van der Waals surface area contributed by atoms with Crippen LogP contribution >= 0.6 is 0 Å². The molecule has 2 heteroatoms. The van der Waals surface area contributed by atoms with Gasteiger partial charge >= 0.3 is 0 Å². The van der Waals surface area contributed by atoms with Gasteiger partial charge < -0.3 is 5.32 Å². The van der Waals surface area contributed by atoms with Gasteiger partial charge in [0.1, 0.15) is 5.82 Å². The first-order valence-corrected chi connectivity index (χ1v) is 7.18. The molecule has 0 unspecified atom stereocenters. The Balaban J connectivity index is 1.63. The Bertz CT molecular complexity index is 400. The molecule has 2 aliphatic carbocycles.